The minimum atomic E-state index is -2.93. The molecule has 1 amide bonds. The molecule has 1 aliphatic rings. The summed E-state index contributed by atoms with van der Waals surface area (Å²) in [6, 6.07) is 8.39. The van der Waals surface area contributed by atoms with E-state index in [4.69, 9.17) is 9.15 Å². The van der Waals surface area contributed by atoms with Crippen LogP contribution in [0.4, 0.5) is 8.78 Å². The highest BCUT2D eigenvalue weighted by Crippen LogP contribution is 2.30. The molecule has 1 saturated heterocycles. The molecule has 0 N–H and O–H groups in total. The number of rotatable bonds is 8. The molecule has 2 heterocycles. The van der Waals surface area contributed by atoms with Gasteiger partial charge in [0.1, 0.15) is 5.76 Å². The van der Waals surface area contributed by atoms with Crippen LogP contribution in [0.5, 0.6) is 11.5 Å². The monoisotopic (exact) mass is 406 g/mol. The molecule has 29 heavy (non-hydrogen) atoms. The van der Waals surface area contributed by atoms with Crippen LogP contribution < -0.4 is 9.47 Å². The maximum Gasteiger partial charge on any atom is 0.387 e. The summed E-state index contributed by atoms with van der Waals surface area (Å²) in [7, 11) is 0. The summed E-state index contributed by atoms with van der Waals surface area (Å²) < 4.78 is 40.1. The van der Waals surface area contributed by atoms with E-state index < -0.39 is 6.61 Å². The highest BCUT2D eigenvalue weighted by Gasteiger charge is 2.20. The Hall–Kier alpha value is -2.87. The molecule has 1 aliphatic heterocycles. The van der Waals surface area contributed by atoms with E-state index in [1.807, 2.05) is 12.1 Å². The summed E-state index contributed by atoms with van der Waals surface area (Å²) in [5.41, 5.74) is 0.667. The van der Waals surface area contributed by atoms with Gasteiger partial charge in [0, 0.05) is 32.3 Å². The molecule has 0 atom stereocenters. The molecule has 156 valence electrons. The van der Waals surface area contributed by atoms with E-state index in [0.29, 0.717) is 25.3 Å². The topological polar surface area (TPSA) is 55.2 Å². The summed E-state index contributed by atoms with van der Waals surface area (Å²) in [5, 5.41) is 0. The van der Waals surface area contributed by atoms with Gasteiger partial charge in [0.05, 0.1) is 19.4 Å². The minimum absolute atomic E-state index is 0.0296. The van der Waals surface area contributed by atoms with Crippen LogP contribution >= 0.6 is 0 Å². The van der Waals surface area contributed by atoms with Crippen molar-refractivity contribution in [3.63, 3.8) is 0 Å². The SMILES string of the molecule is CCOc1cc(/C=C/C(=O)N2CCN(Cc3ccco3)CC2)ccc1OC(F)F. The van der Waals surface area contributed by atoms with Crippen LogP contribution in [0.25, 0.3) is 6.08 Å². The van der Waals surface area contributed by atoms with Gasteiger partial charge in [-0.05, 0) is 42.8 Å². The molecule has 0 spiro atoms. The first-order valence-electron chi connectivity index (χ1n) is 9.48. The van der Waals surface area contributed by atoms with Crippen LogP contribution in [-0.4, -0.2) is 55.1 Å². The Labute approximate surface area is 168 Å². The van der Waals surface area contributed by atoms with Crippen molar-refractivity contribution in [3.8, 4) is 11.5 Å². The zero-order valence-corrected chi connectivity index (χ0v) is 16.2. The highest BCUT2D eigenvalue weighted by atomic mass is 19.3. The Bertz CT molecular complexity index is 816. The lowest BCUT2D eigenvalue weighted by Gasteiger charge is -2.33. The van der Waals surface area contributed by atoms with Crippen molar-refractivity contribution < 1.29 is 27.5 Å². The maximum absolute atomic E-state index is 12.5. The van der Waals surface area contributed by atoms with E-state index in [9.17, 15) is 13.6 Å². The number of ether oxygens (including phenoxy) is 2. The zero-order chi connectivity index (χ0) is 20.6. The maximum atomic E-state index is 12.5. The van der Waals surface area contributed by atoms with Gasteiger partial charge in [-0.3, -0.25) is 9.69 Å². The Morgan fingerprint density at radius 2 is 2.00 bits per heavy atom. The number of amides is 1. The number of nitrogens with zero attached hydrogens (tertiary/aromatic N) is 2. The number of carbonyl (C=O) groups is 1. The van der Waals surface area contributed by atoms with Crippen molar-refractivity contribution in [1.29, 1.82) is 0 Å². The molecule has 3 rings (SSSR count). The molecule has 0 saturated carbocycles. The van der Waals surface area contributed by atoms with Gasteiger partial charge in [-0.25, -0.2) is 0 Å². The van der Waals surface area contributed by atoms with Crippen LogP contribution in [0.3, 0.4) is 0 Å². The fourth-order valence-corrected chi connectivity index (χ4v) is 3.11. The van der Waals surface area contributed by atoms with Gasteiger partial charge in [0.15, 0.2) is 11.5 Å². The number of hydrogen-bond acceptors (Lipinski definition) is 5. The summed E-state index contributed by atoms with van der Waals surface area (Å²) in [6.07, 6.45) is 4.79. The molecule has 6 nitrogen and oxygen atoms in total. The van der Waals surface area contributed by atoms with Gasteiger partial charge in [0.2, 0.25) is 5.91 Å². The smallest absolute Gasteiger partial charge is 0.387 e. The van der Waals surface area contributed by atoms with E-state index in [1.165, 1.54) is 12.1 Å². The standard InChI is InChI=1S/C21H24F2N2O4/c1-2-27-19-14-16(5-7-18(19)29-21(22)23)6-8-20(26)25-11-9-24(10-12-25)15-17-4-3-13-28-17/h3-8,13-14,21H,2,9-12,15H2,1H3/b8-6+. The van der Waals surface area contributed by atoms with E-state index in [2.05, 4.69) is 9.64 Å². The molecule has 1 aromatic heterocycles. The summed E-state index contributed by atoms with van der Waals surface area (Å²) in [4.78, 5) is 16.5. The Balaban J connectivity index is 1.55. The Morgan fingerprint density at radius 1 is 1.21 bits per heavy atom. The van der Waals surface area contributed by atoms with E-state index in [-0.39, 0.29) is 17.4 Å². The predicted octanol–water partition coefficient (Wildman–Crippen LogP) is 3.64. The largest absolute Gasteiger partial charge is 0.490 e. The van der Waals surface area contributed by atoms with Crippen molar-refractivity contribution >= 4 is 12.0 Å². The normalized spacial score (nSPS) is 15.2. The number of halogens is 2. The number of piperazine rings is 1. The van der Waals surface area contributed by atoms with E-state index in [1.54, 1.807) is 36.3 Å². The first-order valence-corrected chi connectivity index (χ1v) is 9.48. The average molecular weight is 406 g/mol. The van der Waals surface area contributed by atoms with Gasteiger partial charge in [-0.2, -0.15) is 8.78 Å². The second-order valence-corrected chi connectivity index (χ2v) is 6.53. The number of carbonyl (C=O) groups excluding carboxylic acids is 1. The van der Waals surface area contributed by atoms with E-state index >= 15 is 0 Å². The second kappa shape index (κ2) is 10.1. The quantitative estimate of drug-likeness (QED) is 0.627. The van der Waals surface area contributed by atoms with Crippen molar-refractivity contribution in [1.82, 2.24) is 9.80 Å². The molecule has 1 aromatic carbocycles. The number of furan rings is 1. The molecule has 0 bridgehead atoms. The lowest BCUT2D eigenvalue weighted by molar-refractivity contribution is -0.127. The first-order chi connectivity index (χ1) is 14.0. The molecule has 2 aromatic rings. The molecule has 8 heteroatoms. The second-order valence-electron chi connectivity index (χ2n) is 6.53. The van der Waals surface area contributed by atoms with Gasteiger partial charge < -0.3 is 18.8 Å². The van der Waals surface area contributed by atoms with Crippen molar-refractivity contribution in [2.24, 2.45) is 0 Å². The van der Waals surface area contributed by atoms with Crippen molar-refractivity contribution in [2.45, 2.75) is 20.1 Å². The lowest BCUT2D eigenvalue weighted by Crippen LogP contribution is -2.47. The fourth-order valence-electron chi connectivity index (χ4n) is 3.11. The van der Waals surface area contributed by atoms with Crippen LogP contribution in [0, 0.1) is 0 Å². The average Bonchev–Trinajstić information content (AvgIpc) is 3.21. The molecule has 0 unspecified atom stereocenters. The van der Waals surface area contributed by atoms with Gasteiger partial charge >= 0.3 is 6.61 Å². The van der Waals surface area contributed by atoms with Gasteiger partial charge in [-0.15, -0.1) is 0 Å². The highest BCUT2D eigenvalue weighted by molar-refractivity contribution is 5.92. The number of hydrogen-bond donors (Lipinski definition) is 0. The van der Waals surface area contributed by atoms with E-state index in [0.717, 1.165) is 25.4 Å². The molecule has 0 aliphatic carbocycles. The van der Waals surface area contributed by atoms with Crippen molar-refractivity contribution in [2.75, 3.05) is 32.8 Å². The molecule has 0 radical (unpaired) electrons. The third-order valence-electron chi connectivity index (χ3n) is 4.55. The van der Waals surface area contributed by atoms with Crippen LogP contribution in [-0.2, 0) is 11.3 Å². The fraction of sp³-hybridized carbons (Fsp3) is 0.381. The lowest BCUT2D eigenvalue weighted by atomic mass is 10.2. The molecular weight excluding hydrogens is 382 g/mol. The number of benzene rings is 1. The third-order valence-corrected chi connectivity index (χ3v) is 4.55. The van der Waals surface area contributed by atoms with Crippen LogP contribution in [0.1, 0.15) is 18.2 Å². The third kappa shape index (κ3) is 6.05. The summed E-state index contributed by atoms with van der Waals surface area (Å²) in [5.74, 6) is 1.01. The summed E-state index contributed by atoms with van der Waals surface area (Å²) >= 11 is 0. The van der Waals surface area contributed by atoms with Crippen LogP contribution in [0.2, 0.25) is 0 Å². The van der Waals surface area contributed by atoms with Gasteiger partial charge in [-0.1, -0.05) is 6.07 Å². The number of alkyl halides is 2. The van der Waals surface area contributed by atoms with Crippen LogP contribution in [0.15, 0.2) is 47.1 Å². The molecular formula is C21H24F2N2O4. The van der Waals surface area contributed by atoms with Crippen molar-refractivity contribution in [3.05, 3.63) is 54.0 Å². The minimum Gasteiger partial charge on any atom is -0.490 e. The Morgan fingerprint density at radius 3 is 2.66 bits per heavy atom. The first kappa shape index (κ1) is 20.9. The zero-order valence-electron chi connectivity index (χ0n) is 16.2. The summed E-state index contributed by atoms with van der Waals surface area (Å²) in [6.45, 7) is 2.69. The van der Waals surface area contributed by atoms with Gasteiger partial charge in [0.25, 0.3) is 0 Å². The predicted molar refractivity (Wildman–Crippen MR) is 104 cm³/mol. The molecule has 1 fully saturated rings. The Kier molecular flexibility index (Phi) is 7.24.